The topological polar surface area (TPSA) is 12.0 Å². The van der Waals surface area contributed by atoms with Crippen molar-refractivity contribution in [1.82, 2.24) is 5.32 Å². The van der Waals surface area contributed by atoms with E-state index in [4.69, 9.17) is 0 Å². The number of hydrogen-bond donors (Lipinski definition) is 1. The summed E-state index contributed by atoms with van der Waals surface area (Å²) in [6.45, 7) is 7.42. The Bertz CT molecular complexity index is 356. The highest BCUT2D eigenvalue weighted by molar-refractivity contribution is 5.22. The average Bonchev–Trinajstić information content (AvgIpc) is 2.26. The molecule has 0 spiro atoms. The van der Waals surface area contributed by atoms with Crippen molar-refractivity contribution in [3.63, 3.8) is 0 Å². The third-order valence-electron chi connectivity index (χ3n) is 2.77. The quantitative estimate of drug-likeness (QED) is 0.741. The normalized spacial score (nSPS) is 14.4. The summed E-state index contributed by atoms with van der Waals surface area (Å²) in [6.07, 6.45) is 3.64. The number of nitrogens with one attached hydrogen (secondary N) is 1. The van der Waals surface area contributed by atoms with Gasteiger partial charge in [-0.15, -0.1) is 6.58 Å². The Labute approximate surface area is 102 Å². The highest BCUT2D eigenvalue weighted by atomic mass is 19.1. The molecule has 0 amide bonds. The lowest BCUT2D eigenvalue weighted by molar-refractivity contribution is 0.428. The van der Waals surface area contributed by atoms with E-state index < -0.39 is 11.6 Å². The lowest BCUT2D eigenvalue weighted by atomic mass is 10.0. The van der Waals surface area contributed by atoms with Gasteiger partial charge in [0.05, 0.1) is 0 Å². The van der Waals surface area contributed by atoms with Crippen LogP contribution in [0.5, 0.6) is 0 Å². The van der Waals surface area contributed by atoms with Crippen LogP contribution in [0.15, 0.2) is 30.9 Å². The molecule has 0 aromatic heterocycles. The van der Waals surface area contributed by atoms with Gasteiger partial charge in [-0.25, -0.2) is 8.78 Å². The van der Waals surface area contributed by atoms with Crippen LogP contribution in [-0.2, 0) is 0 Å². The van der Waals surface area contributed by atoms with Crippen LogP contribution in [0.1, 0.15) is 38.3 Å². The lowest BCUT2D eigenvalue weighted by Gasteiger charge is -2.20. The van der Waals surface area contributed by atoms with Gasteiger partial charge in [0.25, 0.3) is 0 Å². The molecule has 0 saturated heterocycles. The lowest BCUT2D eigenvalue weighted by Crippen LogP contribution is -2.29. The summed E-state index contributed by atoms with van der Waals surface area (Å²) in [5.41, 5.74) is 0.109. The van der Waals surface area contributed by atoms with Gasteiger partial charge in [-0.2, -0.15) is 0 Å². The van der Waals surface area contributed by atoms with Crippen LogP contribution in [0.3, 0.4) is 0 Å². The van der Waals surface area contributed by atoms with Crippen LogP contribution < -0.4 is 5.32 Å². The summed E-state index contributed by atoms with van der Waals surface area (Å²) in [6, 6.07) is 3.80. The second kappa shape index (κ2) is 6.50. The van der Waals surface area contributed by atoms with Crippen molar-refractivity contribution in [3.05, 3.63) is 48.1 Å². The van der Waals surface area contributed by atoms with Crippen molar-refractivity contribution in [2.24, 2.45) is 0 Å². The molecule has 1 rings (SSSR count). The zero-order chi connectivity index (χ0) is 12.8. The molecule has 1 aromatic carbocycles. The van der Waals surface area contributed by atoms with Gasteiger partial charge in [-0.05, 0) is 38.8 Å². The van der Waals surface area contributed by atoms with E-state index in [1.54, 1.807) is 6.92 Å². The van der Waals surface area contributed by atoms with Crippen LogP contribution >= 0.6 is 0 Å². The molecule has 0 aliphatic rings. The molecule has 0 aliphatic carbocycles. The molecular weight excluding hydrogens is 220 g/mol. The van der Waals surface area contributed by atoms with E-state index in [0.717, 1.165) is 12.8 Å². The maximum absolute atomic E-state index is 13.5. The van der Waals surface area contributed by atoms with Crippen molar-refractivity contribution in [1.29, 1.82) is 0 Å². The molecule has 0 radical (unpaired) electrons. The van der Waals surface area contributed by atoms with E-state index in [9.17, 15) is 8.78 Å². The fourth-order valence-electron chi connectivity index (χ4n) is 1.89. The van der Waals surface area contributed by atoms with Crippen LogP contribution in [0.25, 0.3) is 0 Å². The summed E-state index contributed by atoms with van der Waals surface area (Å²) in [7, 11) is 0. The Morgan fingerprint density at radius 1 is 1.29 bits per heavy atom. The van der Waals surface area contributed by atoms with E-state index in [1.165, 1.54) is 18.2 Å². The minimum absolute atomic E-state index is 0.109. The second-order valence-electron chi connectivity index (χ2n) is 4.29. The van der Waals surface area contributed by atoms with E-state index >= 15 is 0 Å². The van der Waals surface area contributed by atoms with Crippen LogP contribution in [-0.4, -0.2) is 6.04 Å². The van der Waals surface area contributed by atoms with Gasteiger partial charge < -0.3 is 5.32 Å². The van der Waals surface area contributed by atoms with Crippen LogP contribution in [0.2, 0.25) is 0 Å². The van der Waals surface area contributed by atoms with Gasteiger partial charge in [0, 0.05) is 17.6 Å². The van der Waals surface area contributed by atoms with Crippen molar-refractivity contribution >= 4 is 0 Å². The van der Waals surface area contributed by atoms with E-state index in [-0.39, 0.29) is 17.6 Å². The predicted molar refractivity (Wildman–Crippen MR) is 66.8 cm³/mol. The van der Waals surface area contributed by atoms with E-state index in [1.807, 2.05) is 13.0 Å². The average molecular weight is 239 g/mol. The van der Waals surface area contributed by atoms with Gasteiger partial charge in [-0.3, -0.25) is 0 Å². The highest BCUT2D eigenvalue weighted by Gasteiger charge is 2.17. The SMILES string of the molecule is C=CCCC(C)NC(C)c1c(F)cccc1F. The first kappa shape index (κ1) is 13.8. The molecule has 17 heavy (non-hydrogen) atoms. The molecule has 2 atom stereocenters. The van der Waals surface area contributed by atoms with Gasteiger partial charge >= 0.3 is 0 Å². The van der Waals surface area contributed by atoms with Crippen LogP contribution in [0.4, 0.5) is 8.78 Å². The summed E-state index contributed by atoms with van der Waals surface area (Å²) >= 11 is 0. The third kappa shape index (κ3) is 3.93. The highest BCUT2D eigenvalue weighted by Crippen LogP contribution is 2.21. The zero-order valence-electron chi connectivity index (χ0n) is 10.3. The molecule has 0 saturated carbocycles. The van der Waals surface area contributed by atoms with Crippen molar-refractivity contribution < 1.29 is 8.78 Å². The Morgan fingerprint density at radius 3 is 2.41 bits per heavy atom. The maximum atomic E-state index is 13.5. The first-order valence-corrected chi connectivity index (χ1v) is 5.87. The molecule has 3 heteroatoms. The Kier molecular flexibility index (Phi) is 5.29. The number of rotatable bonds is 6. The number of hydrogen-bond acceptors (Lipinski definition) is 1. The molecule has 0 fully saturated rings. The summed E-state index contributed by atoms with van der Waals surface area (Å²) in [4.78, 5) is 0. The van der Waals surface area contributed by atoms with Crippen molar-refractivity contribution in [2.75, 3.05) is 0 Å². The van der Waals surface area contributed by atoms with E-state index in [0.29, 0.717) is 0 Å². The molecule has 1 N–H and O–H groups in total. The monoisotopic (exact) mass is 239 g/mol. The Hall–Kier alpha value is -1.22. The smallest absolute Gasteiger partial charge is 0.130 e. The second-order valence-corrected chi connectivity index (χ2v) is 4.29. The molecule has 1 aromatic rings. The van der Waals surface area contributed by atoms with Gasteiger partial charge in [0.1, 0.15) is 11.6 Å². The molecule has 2 unspecified atom stereocenters. The van der Waals surface area contributed by atoms with Gasteiger partial charge in [-0.1, -0.05) is 12.1 Å². The largest absolute Gasteiger partial charge is 0.307 e. The molecule has 0 heterocycles. The molecule has 94 valence electrons. The standard InChI is InChI=1S/C14H19F2N/c1-4-5-7-10(2)17-11(3)14-12(15)8-6-9-13(14)16/h4,6,8-11,17H,1,5,7H2,2-3H3. The zero-order valence-corrected chi connectivity index (χ0v) is 10.3. The molecule has 0 bridgehead atoms. The predicted octanol–water partition coefficient (Wildman–Crippen LogP) is 3.97. The molecule has 1 nitrogen and oxygen atoms in total. The fourth-order valence-corrected chi connectivity index (χ4v) is 1.89. The fraction of sp³-hybridized carbons (Fsp3) is 0.429. The third-order valence-corrected chi connectivity index (χ3v) is 2.77. The van der Waals surface area contributed by atoms with E-state index in [2.05, 4.69) is 11.9 Å². The number of benzene rings is 1. The maximum Gasteiger partial charge on any atom is 0.130 e. The van der Waals surface area contributed by atoms with Crippen LogP contribution in [0, 0.1) is 11.6 Å². The van der Waals surface area contributed by atoms with Gasteiger partial charge in [0.2, 0.25) is 0 Å². The summed E-state index contributed by atoms with van der Waals surface area (Å²) in [5, 5.41) is 3.18. The van der Waals surface area contributed by atoms with Crippen molar-refractivity contribution in [3.8, 4) is 0 Å². The number of allylic oxidation sites excluding steroid dienone is 1. The number of halogens is 2. The first-order valence-electron chi connectivity index (χ1n) is 5.87. The van der Waals surface area contributed by atoms with Crippen molar-refractivity contribution in [2.45, 2.75) is 38.8 Å². The molecular formula is C14H19F2N. The Morgan fingerprint density at radius 2 is 1.88 bits per heavy atom. The Balaban J connectivity index is 2.69. The van der Waals surface area contributed by atoms with Gasteiger partial charge in [0.15, 0.2) is 0 Å². The summed E-state index contributed by atoms with van der Waals surface area (Å²) in [5.74, 6) is -0.998. The minimum atomic E-state index is -0.499. The first-order chi connectivity index (χ1) is 8.06. The molecule has 0 aliphatic heterocycles. The minimum Gasteiger partial charge on any atom is -0.307 e. The summed E-state index contributed by atoms with van der Waals surface area (Å²) < 4.78 is 27.0.